The largest absolute Gasteiger partial charge is 0.335 e. The van der Waals surface area contributed by atoms with E-state index in [9.17, 15) is 14.4 Å². The van der Waals surface area contributed by atoms with Gasteiger partial charge in [0.05, 0.1) is 5.92 Å². The lowest BCUT2D eigenvalue weighted by atomic mass is 10.2. The molecular weight excluding hydrogens is 246 g/mol. The molecule has 0 atom stereocenters. The van der Waals surface area contributed by atoms with Crippen molar-refractivity contribution >= 4 is 18.3 Å². The van der Waals surface area contributed by atoms with Gasteiger partial charge in [0, 0.05) is 6.42 Å². The van der Waals surface area contributed by atoms with E-state index in [2.05, 4.69) is 32.5 Å². The van der Waals surface area contributed by atoms with Gasteiger partial charge in [-0.25, -0.2) is 4.79 Å². The monoisotopic (exact) mass is 275 g/mol. The second kappa shape index (κ2) is 16.6. The van der Waals surface area contributed by atoms with Gasteiger partial charge in [0.1, 0.15) is 0 Å². The van der Waals surface area contributed by atoms with Crippen molar-refractivity contribution in [2.75, 3.05) is 0 Å². The Labute approximate surface area is 117 Å². The van der Waals surface area contributed by atoms with Crippen LogP contribution < -0.4 is 0 Å². The van der Waals surface area contributed by atoms with Gasteiger partial charge in [-0.05, 0) is 0 Å². The number of hydroxylamine groups is 2. The molecule has 0 heterocycles. The average molecular weight is 275 g/mol. The van der Waals surface area contributed by atoms with Crippen LogP contribution in [0.25, 0.3) is 0 Å². The lowest BCUT2D eigenvalue weighted by Crippen LogP contribution is -2.33. The molecule has 0 bridgehead atoms. The molecule has 0 aliphatic rings. The number of carbonyl (C=O) groups excluding carboxylic acids is 3. The summed E-state index contributed by atoms with van der Waals surface area (Å²) >= 11 is 0. The summed E-state index contributed by atoms with van der Waals surface area (Å²) in [6, 6.07) is 0. The maximum Gasteiger partial charge on any atom is 0.335 e. The first-order chi connectivity index (χ1) is 8.85. The summed E-state index contributed by atoms with van der Waals surface area (Å²) in [4.78, 5) is 36.7. The van der Waals surface area contributed by atoms with Gasteiger partial charge in [-0.2, -0.15) is 0 Å². The molecule has 19 heavy (non-hydrogen) atoms. The van der Waals surface area contributed by atoms with E-state index in [1.54, 1.807) is 20.8 Å². The van der Waals surface area contributed by atoms with Gasteiger partial charge in [0.2, 0.25) is 0 Å². The van der Waals surface area contributed by atoms with Gasteiger partial charge in [-0.1, -0.05) is 61.3 Å². The van der Waals surface area contributed by atoms with E-state index in [1.165, 1.54) is 12.8 Å². The van der Waals surface area contributed by atoms with Crippen molar-refractivity contribution in [1.29, 1.82) is 0 Å². The van der Waals surface area contributed by atoms with Gasteiger partial charge in [0.15, 0.2) is 0 Å². The Balaban J connectivity index is -0.000000360. The van der Waals surface area contributed by atoms with E-state index in [0.717, 1.165) is 0 Å². The first-order valence-electron chi connectivity index (χ1n) is 6.84. The molecule has 0 aromatic carbocycles. The molecule has 0 fully saturated rings. The Bertz CT molecular complexity index is 238. The lowest BCUT2D eigenvalue weighted by Gasteiger charge is -2.14. The average Bonchev–Trinajstić information content (AvgIpc) is 2.36. The molecule has 0 aromatic heterocycles. The molecule has 114 valence electrons. The summed E-state index contributed by atoms with van der Waals surface area (Å²) in [5.41, 5.74) is 0. The summed E-state index contributed by atoms with van der Waals surface area (Å²) in [5.74, 6) is -1.51. The maximum atomic E-state index is 11.0. The summed E-state index contributed by atoms with van der Waals surface area (Å²) < 4.78 is 0. The van der Waals surface area contributed by atoms with Crippen molar-refractivity contribution in [3.63, 3.8) is 0 Å². The first-order valence-corrected chi connectivity index (χ1v) is 6.84. The normalized spacial score (nSPS) is 8.42. The summed E-state index contributed by atoms with van der Waals surface area (Å²) in [6.07, 6.45) is 2.80. The molecule has 2 amide bonds. The van der Waals surface area contributed by atoms with Gasteiger partial charge in [-0.3, -0.25) is 9.59 Å². The smallest absolute Gasteiger partial charge is 0.330 e. The Hall–Kier alpha value is -1.39. The number of carbonyl (C=O) groups is 3. The number of imide groups is 1. The van der Waals surface area contributed by atoms with Crippen LogP contribution in [0, 0.1) is 5.92 Å². The molecule has 5 heteroatoms. The molecule has 0 aliphatic carbocycles. The Morgan fingerprint density at radius 1 is 1.05 bits per heavy atom. The molecule has 0 aliphatic heterocycles. The van der Waals surface area contributed by atoms with Gasteiger partial charge in [0.25, 0.3) is 12.3 Å². The predicted octanol–water partition coefficient (Wildman–Crippen LogP) is 3.33. The van der Waals surface area contributed by atoms with E-state index in [4.69, 9.17) is 0 Å². The van der Waals surface area contributed by atoms with Crippen LogP contribution in [0.5, 0.6) is 0 Å². The highest BCUT2D eigenvalue weighted by molar-refractivity contribution is 5.86. The van der Waals surface area contributed by atoms with Crippen LogP contribution in [0.4, 0.5) is 0 Å². The van der Waals surface area contributed by atoms with Crippen LogP contribution in [0.1, 0.15) is 67.7 Å². The molecule has 0 saturated carbocycles. The molecule has 0 unspecified atom stereocenters. The highest BCUT2D eigenvalue weighted by Crippen LogP contribution is 2.00. The third-order valence-corrected chi connectivity index (χ3v) is 1.30. The van der Waals surface area contributed by atoms with Crippen molar-refractivity contribution in [3.8, 4) is 0 Å². The molecule has 0 N–H and O–H groups in total. The van der Waals surface area contributed by atoms with Crippen LogP contribution in [0.2, 0.25) is 0 Å². The fourth-order valence-corrected chi connectivity index (χ4v) is 0.489. The predicted molar refractivity (Wildman–Crippen MR) is 76.1 cm³/mol. The van der Waals surface area contributed by atoms with Gasteiger partial charge < -0.3 is 4.84 Å². The standard InChI is InChI=1S/C8H13NO4.2C3H8/c1-4-7(11)9(5-10)13-8(12)6(2)3;2*1-3-2/h5-6H,4H2,1-3H3;2*3H2,1-2H3. The highest BCUT2D eigenvalue weighted by Gasteiger charge is 2.18. The molecule has 0 rings (SSSR count). The number of nitrogens with zero attached hydrogens (tertiary/aromatic N) is 1. The Morgan fingerprint density at radius 3 is 1.63 bits per heavy atom. The van der Waals surface area contributed by atoms with Gasteiger partial charge in [-0.15, -0.1) is 5.06 Å². The fraction of sp³-hybridized carbons (Fsp3) is 0.786. The lowest BCUT2D eigenvalue weighted by molar-refractivity contribution is -0.198. The van der Waals surface area contributed by atoms with Crippen LogP contribution in [-0.2, 0) is 19.2 Å². The minimum atomic E-state index is -0.603. The van der Waals surface area contributed by atoms with Crippen molar-refractivity contribution in [2.45, 2.75) is 67.7 Å². The topological polar surface area (TPSA) is 63.7 Å². The number of hydrogen-bond donors (Lipinski definition) is 0. The first kappa shape index (κ1) is 22.8. The van der Waals surface area contributed by atoms with E-state index >= 15 is 0 Å². The van der Waals surface area contributed by atoms with Crippen LogP contribution in [0.3, 0.4) is 0 Å². The zero-order valence-corrected chi connectivity index (χ0v) is 13.4. The van der Waals surface area contributed by atoms with Crippen LogP contribution in [-0.4, -0.2) is 23.3 Å². The molecule has 0 aromatic rings. The SMILES string of the molecule is CCC.CCC.CCC(=O)N(C=O)OC(=O)C(C)C. The van der Waals surface area contributed by atoms with E-state index in [0.29, 0.717) is 5.06 Å². The van der Waals surface area contributed by atoms with Crippen molar-refractivity contribution in [2.24, 2.45) is 5.92 Å². The number of hydrogen-bond acceptors (Lipinski definition) is 4. The van der Waals surface area contributed by atoms with Crippen LogP contribution >= 0.6 is 0 Å². The minimum absolute atomic E-state index is 0.115. The Morgan fingerprint density at radius 2 is 1.42 bits per heavy atom. The molecule has 5 nitrogen and oxygen atoms in total. The van der Waals surface area contributed by atoms with Crippen LogP contribution in [0.15, 0.2) is 0 Å². The third kappa shape index (κ3) is 16.6. The van der Waals surface area contributed by atoms with E-state index in [-0.39, 0.29) is 18.7 Å². The van der Waals surface area contributed by atoms with E-state index in [1.807, 2.05) is 0 Å². The highest BCUT2D eigenvalue weighted by atomic mass is 16.7. The van der Waals surface area contributed by atoms with Crippen molar-refractivity contribution in [1.82, 2.24) is 5.06 Å². The van der Waals surface area contributed by atoms with Gasteiger partial charge >= 0.3 is 5.97 Å². The Kier molecular flexibility index (Phi) is 19.9. The minimum Gasteiger partial charge on any atom is -0.330 e. The zero-order valence-electron chi connectivity index (χ0n) is 13.4. The quantitative estimate of drug-likeness (QED) is 0.585. The molecule has 0 radical (unpaired) electrons. The summed E-state index contributed by atoms with van der Waals surface area (Å²) in [6.45, 7) is 13.3. The molecule has 0 saturated heterocycles. The molecule has 0 spiro atoms. The van der Waals surface area contributed by atoms with Crippen molar-refractivity contribution < 1.29 is 19.2 Å². The third-order valence-electron chi connectivity index (χ3n) is 1.30. The second-order valence-electron chi connectivity index (χ2n) is 4.16. The van der Waals surface area contributed by atoms with Crippen molar-refractivity contribution in [3.05, 3.63) is 0 Å². The summed E-state index contributed by atoms with van der Waals surface area (Å²) in [7, 11) is 0. The fourth-order valence-electron chi connectivity index (χ4n) is 0.489. The number of rotatable bonds is 3. The molecular formula is C14H29NO4. The van der Waals surface area contributed by atoms with E-state index < -0.39 is 11.9 Å². The zero-order chi connectivity index (χ0) is 15.8. The maximum absolute atomic E-state index is 11.0. The second-order valence-corrected chi connectivity index (χ2v) is 4.16. The number of amides is 2. The summed E-state index contributed by atoms with van der Waals surface area (Å²) in [5, 5.41) is 0.419.